The average Bonchev–Trinajstić information content (AvgIpc) is 2.47. The van der Waals surface area contributed by atoms with Gasteiger partial charge in [-0.05, 0) is 36.4 Å². The fourth-order valence-electron chi connectivity index (χ4n) is 1.79. The molecule has 0 radical (unpaired) electrons. The number of carbonyl (C=O) groups excluding carboxylic acids is 1. The maximum Gasteiger partial charge on any atom is 0.323 e. The summed E-state index contributed by atoms with van der Waals surface area (Å²) in [6, 6.07) is 11.4. The molecule has 0 spiro atoms. The van der Waals surface area contributed by atoms with Gasteiger partial charge in [0.05, 0.1) is 4.90 Å². The number of sulfonamides is 1. The van der Waals surface area contributed by atoms with E-state index >= 15 is 0 Å². The Morgan fingerprint density at radius 2 is 1.61 bits per heavy atom. The first-order valence-electron chi connectivity index (χ1n) is 6.41. The molecule has 9 heteroatoms. The van der Waals surface area contributed by atoms with Crippen molar-refractivity contribution in [2.45, 2.75) is 4.90 Å². The van der Waals surface area contributed by atoms with Crippen LogP contribution in [-0.2, 0) is 10.0 Å². The van der Waals surface area contributed by atoms with Crippen LogP contribution in [0.25, 0.3) is 0 Å². The van der Waals surface area contributed by atoms with Crippen LogP contribution < -0.4 is 21.5 Å². The van der Waals surface area contributed by atoms with Gasteiger partial charge in [-0.3, -0.25) is 5.41 Å². The van der Waals surface area contributed by atoms with E-state index in [0.717, 1.165) is 0 Å². The van der Waals surface area contributed by atoms with Gasteiger partial charge in [-0.2, -0.15) is 0 Å². The fraction of sp³-hybridized carbons (Fsp3) is 0. The predicted octanol–water partition coefficient (Wildman–Crippen LogP) is 1.26. The molecule has 0 bridgehead atoms. The maximum absolute atomic E-state index is 11.9. The monoisotopic (exact) mass is 333 g/mol. The number of amidine groups is 1. The Labute approximate surface area is 133 Å². The molecule has 23 heavy (non-hydrogen) atoms. The summed E-state index contributed by atoms with van der Waals surface area (Å²) < 4.78 is 22.3. The Balaban J connectivity index is 2.05. The number of nitrogens with one attached hydrogen (secondary N) is 3. The van der Waals surface area contributed by atoms with E-state index in [4.69, 9.17) is 16.3 Å². The van der Waals surface area contributed by atoms with E-state index in [1.807, 2.05) is 0 Å². The number of nitrogens with two attached hydrogens (primary N) is 2. The molecule has 2 aromatic rings. The molecule has 0 atom stereocenters. The molecule has 0 aliphatic carbocycles. The molecule has 8 nitrogen and oxygen atoms in total. The van der Waals surface area contributed by atoms with Gasteiger partial charge >= 0.3 is 6.03 Å². The highest BCUT2D eigenvalue weighted by Crippen LogP contribution is 2.14. The highest BCUT2D eigenvalue weighted by atomic mass is 32.2. The standard InChI is InChI=1S/C14H15N5O3S/c15-13(16)9-2-1-3-11(8-9)19-14(20)18-10-4-6-12(7-5-10)23(17,21)22/h1-8H,(H3,15,16)(H2,17,21,22)(H2,18,19,20). The van der Waals surface area contributed by atoms with Crippen LogP contribution in [0.15, 0.2) is 53.4 Å². The molecule has 0 fully saturated rings. The van der Waals surface area contributed by atoms with Crippen molar-refractivity contribution in [3.05, 3.63) is 54.1 Å². The molecular weight excluding hydrogens is 318 g/mol. The van der Waals surface area contributed by atoms with Crippen LogP contribution in [0.4, 0.5) is 16.2 Å². The second kappa shape index (κ2) is 6.46. The van der Waals surface area contributed by atoms with Crippen LogP contribution in [0.1, 0.15) is 5.56 Å². The van der Waals surface area contributed by atoms with Crippen LogP contribution in [0.5, 0.6) is 0 Å². The number of amides is 2. The van der Waals surface area contributed by atoms with Gasteiger partial charge in [0, 0.05) is 16.9 Å². The van der Waals surface area contributed by atoms with Gasteiger partial charge in [-0.15, -0.1) is 0 Å². The molecule has 7 N–H and O–H groups in total. The molecule has 2 amide bonds. The summed E-state index contributed by atoms with van der Waals surface area (Å²) in [5, 5.41) is 17.5. The Hall–Kier alpha value is -2.91. The van der Waals surface area contributed by atoms with Crippen molar-refractivity contribution in [3.63, 3.8) is 0 Å². The van der Waals surface area contributed by atoms with Gasteiger partial charge < -0.3 is 16.4 Å². The van der Waals surface area contributed by atoms with E-state index in [1.165, 1.54) is 24.3 Å². The third-order valence-corrected chi connectivity index (χ3v) is 3.80. The lowest BCUT2D eigenvalue weighted by Gasteiger charge is -2.09. The normalized spacial score (nSPS) is 10.8. The van der Waals surface area contributed by atoms with Gasteiger partial charge in [0.15, 0.2) is 0 Å². The van der Waals surface area contributed by atoms with Crippen LogP contribution in [0, 0.1) is 5.41 Å². The molecule has 2 aromatic carbocycles. The maximum atomic E-state index is 11.9. The number of carbonyl (C=O) groups is 1. The lowest BCUT2D eigenvalue weighted by atomic mass is 10.2. The van der Waals surface area contributed by atoms with Gasteiger partial charge in [-0.1, -0.05) is 12.1 Å². The highest BCUT2D eigenvalue weighted by Gasteiger charge is 2.08. The number of nitrogen functional groups attached to an aromatic ring is 1. The van der Waals surface area contributed by atoms with Crippen molar-refractivity contribution < 1.29 is 13.2 Å². The van der Waals surface area contributed by atoms with Crippen molar-refractivity contribution in [1.82, 2.24) is 0 Å². The van der Waals surface area contributed by atoms with Crippen molar-refractivity contribution in [1.29, 1.82) is 5.41 Å². The molecule has 0 aromatic heterocycles. The second-order valence-corrected chi connectivity index (χ2v) is 6.20. The molecule has 0 unspecified atom stereocenters. The van der Waals surface area contributed by atoms with E-state index in [0.29, 0.717) is 16.9 Å². The Morgan fingerprint density at radius 1 is 1.00 bits per heavy atom. The Morgan fingerprint density at radius 3 is 2.17 bits per heavy atom. The summed E-state index contributed by atoms with van der Waals surface area (Å²) in [6.07, 6.45) is 0. The van der Waals surface area contributed by atoms with E-state index in [9.17, 15) is 13.2 Å². The van der Waals surface area contributed by atoms with Gasteiger partial charge in [0.1, 0.15) is 5.84 Å². The van der Waals surface area contributed by atoms with Crippen LogP contribution in [0.2, 0.25) is 0 Å². The fourth-order valence-corrected chi connectivity index (χ4v) is 2.30. The highest BCUT2D eigenvalue weighted by molar-refractivity contribution is 7.89. The minimum atomic E-state index is -3.77. The minimum absolute atomic E-state index is 0.0439. The lowest BCUT2D eigenvalue weighted by molar-refractivity contribution is 0.262. The lowest BCUT2D eigenvalue weighted by Crippen LogP contribution is -2.20. The summed E-state index contributed by atoms with van der Waals surface area (Å²) in [4.78, 5) is 11.9. The summed E-state index contributed by atoms with van der Waals surface area (Å²) >= 11 is 0. The number of anilines is 2. The van der Waals surface area contributed by atoms with Crippen molar-refractivity contribution in [3.8, 4) is 0 Å². The molecule has 120 valence electrons. The smallest absolute Gasteiger partial charge is 0.323 e. The average molecular weight is 333 g/mol. The number of primary sulfonamides is 1. The number of benzene rings is 2. The van der Waals surface area contributed by atoms with Gasteiger partial charge in [-0.25, -0.2) is 18.4 Å². The molecule has 2 rings (SSSR count). The molecule has 0 aliphatic heterocycles. The SMILES string of the molecule is N=C(N)c1cccc(NC(=O)Nc2ccc(S(N)(=O)=O)cc2)c1. The van der Waals surface area contributed by atoms with E-state index in [-0.39, 0.29) is 10.7 Å². The number of urea groups is 1. The van der Waals surface area contributed by atoms with Crippen LogP contribution in [0.3, 0.4) is 0 Å². The van der Waals surface area contributed by atoms with Crippen molar-refractivity contribution >= 4 is 33.3 Å². The zero-order valence-corrected chi connectivity index (χ0v) is 12.7. The first-order valence-corrected chi connectivity index (χ1v) is 7.96. The van der Waals surface area contributed by atoms with Crippen LogP contribution >= 0.6 is 0 Å². The Bertz CT molecular complexity index is 847. The van der Waals surface area contributed by atoms with E-state index < -0.39 is 16.1 Å². The first kappa shape index (κ1) is 16.5. The topological polar surface area (TPSA) is 151 Å². The molecular formula is C14H15N5O3S. The first-order chi connectivity index (χ1) is 10.8. The summed E-state index contributed by atoms with van der Waals surface area (Å²) in [6.45, 7) is 0. The third kappa shape index (κ3) is 4.53. The Kier molecular flexibility index (Phi) is 4.63. The number of hydrogen-bond donors (Lipinski definition) is 5. The van der Waals surface area contributed by atoms with Crippen molar-refractivity contribution in [2.75, 3.05) is 10.6 Å². The molecule has 0 saturated heterocycles. The van der Waals surface area contributed by atoms with Gasteiger partial charge in [0.25, 0.3) is 0 Å². The minimum Gasteiger partial charge on any atom is -0.384 e. The summed E-state index contributed by atoms with van der Waals surface area (Å²) in [5.74, 6) is -0.104. The van der Waals surface area contributed by atoms with E-state index in [2.05, 4.69) is 10.6 Å². The molecule has 0 heterocycles. The van der Waals surface area contributed by atoms with E-state index in [1.54, 1.807) is 24.3 Å². The zero-order chi connectivity index (χ0) is 17.0. The second-order valence-electron chi connectivity index (χ2n) is 4.64. The zero-order valence-electron chi connectivity index (χ0n) is 11.9. The largest absolute Gasteiger partial charge is 0.384 e. The number of rotatable bonds is 4. The van der Waals surface area contributed by atoms with Crippen molar-refractivity contribution in [2.24, 2.45) is 10.9 Å². The van der Waals surface area contributed by atoms with Gasteiger partial charge in [0.2, 0.25) is 10.0 Å². The van der Waals surface area contributed by atoms with Crippen LogP contribution in [-0.4, -0.2) is 20.3 Å². The quantitative estimate of drug-likeness (QED) is 0.422. The predicted molar refractivity (Wildman–Crippen MR) is 87.9 cm³/mol. The molecule has 0 saturated carbocycles. The summed E-state index contributed by atoms with van der Waals surface area (Å²) in [7, 11) is -3.77. The molecule has 0 aliphatic rings. The number of hydrogen-bond acceptors (Lipinski definition) is 4. The third-order valence-electron chi connectivity index (χ3n) is 2.87. The summed E-state index contributed by atoms with van der Waals surface area (Å²) in [5.41, 5.74) is 6.74.